The van der Waals surface area contributed by atoms with Gasteiger partial charge in [-0.05, 0) is 83.1 Å². The number of anilines is 2. The second-order valence-corrected chi connectivity index (χ2v) is 13.0. The number of rotatable bonds is 4. The first-order valence-corrected chi connectivity index (χ1v) is 16.8. The highest BCUT2D eigenvalue weighted by molar-refractivity contribution is 6.18. The van der Waals surface area contributed by atoms with Crippen LogP contribution in [0.4, 0.5) is 11.4 Å². The van der Waals surface area contributed by atoms with E-state index in [9.17, 15) is 0 Å². The fourth-order valence-electron chi connectivity index (χ4n) is 7.84. The van der Waals surface area contributed by atoms with Gasteiger partial charge >= 0.3 is 0 Å². The standard InChI is InChI=1S/C46H32N2/c1-2-7-39-38(6-1)41-9-3-8-40-37(25-26-42(39)44(40)41)33-18-14-31(15-19-33)29-10-12-30(13-11-29)32-16-20-34(21-17-32)43-27-24-36-23-22-35-5-4-28-47-45(35)46(36)48-43/h1-27,43,47-48H,28H2. The van der Waals surface area contributed by atoms with Gasteiger partial charge in [0.1, 0.15) is 0 Å². The van der Waals surface area contributed by atoms with E-state index in [0.29, 0.717) is 0 Å². The highest BCUT2D eigenvalue weighted by atomic mass is 15.0. The zero-order valence-electron chi connectivity index (χ0n) is 26.4. The first kappa shape index (κ1) is 27.0. The van der Waals surface area contributed by atoms with Crippen LogP contribution in [0.5, 0.6) is 0 Å². The van der Waals surface area contributed by atoms with Crippen molar-refractivity contribution >= 4 is 34.3 Å². The Morgan fingerprint density at radius 2 is 1.00 bits per heavy atom. The van der Waals surface area contributed by atoms with Crippen molar-refractivity contribution in [2.45, 2.75) is 6.04 Å². The second kappa shape index (κ2) is 10.7. The first-order chi connectivity index (χ1) is 23.8. The lowest BCUT2D eigenvalue weighted by molar-refractivity contribution is 0.978. The molecule has 7 aromatic carbocycles. The summed E-state index contributed by atoms with van der Waals surface area (Å²) in [6.07, 6.45) is 8.86. The zero-order chi connectivity index (χ0) is 31.6. The Bertz CT molecular complexity index is 2420. The fourth-order valence-corrected chi connectivity index (χ4v) is 7.84. The van der Waals surface area contributed by atoms with Gasteiger partial charge in [0.2, 0.25) is 0 Å². The topological polar surface area (TPSA) is 24.1 Å². The van der Waals surface area contributed by atoms with Crippen molar-refractivity contribution in [2.75, 3.05) is 17.2 Å². The number of hydrogen-bond acceptors (Lipinski definition) is 2. The van der Waals surface area contributed by atoms with Gasteiger partial charge in [0, 0.05) is 6.54 Å². The molecule has 2 N–H and O–H groups in total. The van der Waals surface area contributed by atoms with Crippen LogP contribution in [0.15, 0.2) is 152 Å². The van der Waals surface area contributed by atoms with Crippen LogP contribution < -0.4 is 10.6 Å². The summed E-state index contributed by atoms with van der Waals surface area (Å²) in [6.45, 7) is 0.862. The second-order valence-electron chi connectivity index (χ2n) is 13.0. The van der Waals surface area contributed by atoms with E-state index in [1.54, 1.807) is 0 Å². The Balaban J connectivity index is 0.882. The van der Waals surface area contributed by atoms with Crippen LogP contribution in [0.1, 0.15) is 22.7 Å². The van der Waals surface area contributed by atoms with Crippen LogP contribution in [-0.4, -0.2) is 6.54 Å². The normalized spacial score (nSPS) is 15.0. The summed E-state index contributed by atoms with van der Waals surface area (Å²) < 4.78 is 0. The number of nitrogens with one attached hydrogen (secondary N) is 2. The molecule has 226 valence electrons. The van der Waals surface area contributed by atoms with Gasteiger partial charge in [0.15, 0.2) is 0 Å². The Morgan fingerprint density at radius 1 is 0.438 bits per heavy atom. The van der Waals surface area contributed by atoms with E-state index in [4.69, 9.17) is 0 Å². The Morgan fingerprint density at radius 3 is 1.69 bits per heavy atom. The molecule has 2 aliphatic heterocycles. The van der Waals surface area contributed by atoms with E-state index in [1.165, 1.54) is 94.5 Å². The van der Waals surface area contributed by atoms with Gasteiger partial charge in [-0.2, -0.15) is 0 Å². The van der Waals surface area contributed by atoms with Gasteiger partial charge < -0.3 is 10.6 Å². The zero-order valence-corrected chi connectivity index (χ0v) is 26.4. The molecule has 0 fully saturated rings. The third kappa shape index (κ3) is 4.27. The summed E-state index contributed by atoms with van der Waals surface area (Å²) >= 11 is 0. The van der Waals surface area contributed by atoms with E-state index >= 15 is 0 Å². The van der Waals surface area contributed by atoms with Crippen molar-refractivity contribution < 1.29 is 0 Å². The average Bonchev–Trinajstić information content (AvgIpc) is 3.50. The van der Waals surface area contributed by atoms with Gasteiger partial charge in [0.25, 0.3) is 0 Å². The van der Waals surface area contributed by atoms with Crippen LogP contribution in [0.3, 0.4) is 0 Å². The molecule has 0 saturated carbocycles. The van der Waals surface area contributed by atoms with Gasteiger partial charge in [-0.1, -0.05) is 164 Å². The number of benzene rings is 7. The third-order valence-electron chi connectivity index (χ3n) is 10.3. The van der Waals surface area contributed by atoms with Gasteiger partial charge in [0.05, 0.1) is 17.4 Å². The van der Waals surface area contributed by atoms with Crippen molar-refractivity contribution in [3.8, 4) is 55.6 Å². The highest BCUT2D eigenvalue weighted by Crippen LogP contribution is 2.49. The van der Waals surface area contributed by atoms with E-state index in [1.807, 2.05) is 0 Å². The summed E-state index contributed by atoms with van der Waals surface area (Å²) in [5.41, 5.74) is 18.9. The lowest BCUT2D eigenvalue weighted by Gasteiger charge is -2.27. The molecule has 3 aliphatic rings. The summed E-state index contributed by atoms with van der Waals surface area (Å²) in [6, 6.07) is 51.6. The van der Waals surface area contributed by atoms with Gasteiger partial charge in [-0.25, -0.2) is 0 Å². The molecule has 2 heterocycles. The van der Waals surface area contributed by atoms with Gasteiger partial charge in [-0.15, -0.1) is 0 Å². The number of fused-ring (bicyclic) bond motifs is 6. The van der Waals surface area contributed by atoms with Crippen LogP contribution >= 0.6 is 0 Å². The fraction of sp³-hybridized carbons (Fsp3) is 0.0435. The lowest BCUT2D eigenvalue weighted by atomic mass is 9.93. The summed E-state index contributed by atoms with van der Waals surface area (Å²) in [5, 5.41) is 10.0. The largest absolute Gasteiger partial charge is 0.379 e. The monoisotopic (exact) mass is 612 g/mol. The molecular weight excluding hydrogens is 581 g/mol. The lowest BCUT2D eigenvalue weighted by Crippen LogP contribution is -2.16. The molecule has 0 amide bonds. The maximum Gasteiger partial charge on any atom is 0.0702 e. The molecule has 0 spiro atoms. The predicted octanol–water partition coefficient (Wildman–Crippen LogP) is 12.1. The SMILES string of the molecule is C1=Cc2ccc3c(c2NC1)NC(c1ccc(-c2ccc(-c4ccc(-c5ccc6c7c(cccc57)-c5ccccc5-6)cc4)cc2)cc1)C=C3. The molecule has 2 nitrogen and oxygen atoms in total. The summed E-state index contributed by atoms with van der Waals surface area (Å²) in [5.74, 6) is 0. The molecular formula is C46H32N2. The van der Waals surface area contributed by atoms with Crippen molar-refractivity contribution in [1.82, 2.24) is 0 Å². The van der Waals surface area contributed by atoms with Gasteiger partial charge in [-0.3, -0.25) is 0 Å². The first-order valence-electron chi connectivity index (χ1n) is 16.8. The summed E-state index contributed by atoms with van der Waals surface area (Å²) in [4.78, 5) is 0. The van der Waals surface area contributed by atoms with Crippen LogP contribution in [0.25, 0.3) is 78.6 Å². The van der Waals surface area contributed by atoms with Crippen LogP contribution in [0.2, 0.25) is 0 Å². The Kier molecular flexibility index (Phi) is 6.04. The molecule has 7 aromatic rings. The highest BCUT2D eigenvalue weighted by Gasteiger charge is 2.23. The van der Waals surface area contributed by atoms with Crippen molar-refractivity contribution in [2.24, 2.45) is 0 Å². The van der Waals surface area contributed by atoms with Crippen molar-refractivity contribution in [1.29, 1.82) is 0 Å². The van der Waals surface area contributed by atoms with E-state index in [-0.39, 0.29) is 6.04 Å². The van der Waals surface area contributed by atoms with E-state index in [0.717, 1.165) is 6.54 Å². The summed E-state index contributed by atoms with van der Waals surface area (Å²) in [7, 11) is 0. The molecule has 1 atom stereocenters. The molecule has 0 bridgehead atoms. The molecule has 1 aliphatic carbocycles. The van der Waals surface area contributed by atoms with Crippen LogP contribution in [-0.2, 0) is 0 Å². The molecule has 1 unspecified atom stereocenters. The molecule has 0 radical (unpaired) electrons. The minimum atomic E-state index is 0.137. The maximum atomic E-state index is 3.78. The maximum absolute atomic E-state index is 3.78. The Labute approximate surface area is 280 Å². The predicted molar refractivity (Wildman–Crippen MR) is 204 cm³/mol. The molecule has 2 heteroatoms. The molecule has 0 aromatic heterocycles. The average molecular weight is 613 g/mol. The smallest absolute Gasteiger partial charge is 0.0702 e. The van der Waals surface area contributed by atoms with Crippen molar-refractivity contribution in [3.05, 3.63) is 168 Å². The van der Waals surface area contributed by atoms with E-state index in [2.05, 4.69) is 174 Å². The minimum absolute atomic E-state index is 0.137. The minimum Gasteiger partial charge on any atom is -0.379 e. The van der Waals surface area contributed by atoms with Crippen molar-refractivity contribution in [3.63, 3.8) is 0 Å². The third-order valence-corrected chi connectivity index (χ3v) is 10.3. The van der Waals surface area contributed by atoms with Crippen LogP contribution in [0, 0.1) is 0 Å². The number of hydrogen-bond donors (Lipinski definition) is 2. The molecule has 10 rings (SSSR count). The molecule has 48 heavy (non-hydrogen) atoms. The van der Waals surface area contributed by atoms with E-state index < -0.39 is 0 Å². The molecule has 0 saturated heterocycles. The quantitative estimate of drug-likeness (QED) is 0.207. The Hall–Kier alpha value is -6.12.